The topological polar surface area (TPSA) is 73.8 Å². The second-order valence-corrected chi connectivity index (χ2v) is 9.77. The highest BCUT2D eigenvalue weighted by atomic mass is 127. The van der Waals surface area contributed by atoms with E-state index in [1.165, 1.54) is 18.4 Å². The molecule has 2 saturated heterocycles. The molecule has 28 heavy (non-hydrogen) atoms. The molecule has 1 aromatic rings. The maximum absolute atomic E-state index is 11.7. The molecule has 2 aliphatic heterocycles. The van der Waals surface area contributed by atoms with Gasteiger partial charge in [0.2, 0.25) is 0 Å². The van der Waals surface area contributed by atoms with Crippen molar-refractivity contribution in [3.8, 4) is 0 Å². The van der Waals surface area contributed by atoms with Gasteiger partial charge in [0.25, 0.3) is 0 Å². The fraction of sp³-hybridized carbons (Fsp3) is 0.650. The predicted molar refractivity (Wildman–Crippen MR) is 126 cm³/mol. The molecule has 158 valence electrons. The van der Waals surface area contributed by atoms with Crippen molar-refractivity contribution in [2.75, 3.05) is 44.2 Å². The van der Waals surface area contributed by atoms with Gasteiger partial charge in [-0.3, -0.25) is 9.89 Å². The number of guanidine groups is 1. The van der Waals surface area contributed by atoms with Gasteiger partial charge in [0, 0.05) is 13.1 Å². The summed E-state index contributed by atoms with van der Waals surface area (Å²) >= 11 is 0. The third kappa shape index (κ3) is 6.88. The minimum atomic E-state index is -2.84. The van der Waals surface area contributed by atoms with Crippen LogP contribution in [0, 0.1) is 5.92 Å². The second kappa shape index (κ2) is 11.3. The van der Waals surface area contributed by atoms with Gasteiger partial charge in [-0.2, -0.15) is 0 Å². The zero-order chi connectivity index (χ0) is 19.1. The molecule has 8 heteroatoms. The lowest BCUT2D eigenvalue weighted by atomic mass is 10.1. The van der Waals surface area contributed by atoms with Crippen molar-refractivity contribution in [3.05, 3.63) is 35.9 Å². The number of aliphatic imine (C=N–C) groups is 1. The largest absolute Gasteiger partial charge is 0.357 e. The van der Waals surface area contributed by atoms with Crippen molar-refractivity contribution in [1.82, 2.24) is 15.5 Å². The zero-order valence-electron chi connectivity index (χ0n) is 16.6. The summed E-state index contributed by atoms with van der Waals surface area (Å²) in [4.78, 5) is 7.36. The molecule has 2 heterocycles. The molecular weight excluding hydrogens is 487 g/mol. The van der Waals surface area contributed by atoms with Crippen LogP contribution in [0.1, 0.15) is 37.8 Å². The number of sulfone groups is 1. The quantitative estimate of drug-likeness (QED) is 0.328. The van der Waals surface area contributed by atoms with E-state index in [1.54, 1.807) is 0 Å². The lowest BCUT2D eigenvalue weighted by Crippen LogP contribution is -2.40. The second-order valence-electron chi connectivity index (χ2n) is 7.54. The lowest BCUT2D eigenvalue weighted by Gasteiger charge is -2.27. The SMILES string of the molecule is CCNC(=NCC(c1ccccc1)N1CCCC1)NCC1CCS(=O)(=O)C1.I. The summed E-state index contributed by atoms with van der Waals surface area (Å²) in [5.74, 6) is 1.57. The standard InChI is InChI=1S/C20H32N4O2S.HI/c1-2-21-20(22-14-17-10-13-27(25,26)16-17)23-15-19(24-11-6-7-12-24)18-8-4-3-5-9-18;/h3-5,8-9,17,19H,2,6-7,10-16H2,1H3,(H2,21,22,23);1H. The number of halogens is 1. The number of hydrogen-bond donors (Lipinski definition) is 2. The van der Waals surface area contributed by atoms with Gasteiger partial charge < -0.3 is 10.6 Å². The van der Waals surface area contributed by atoms with E-state index in [-0.39, 0.29) is 35.9 Å². The van der Waals surface area contributed by atoms with Crippen molar-refractivity contribution < 1.29 is 8.42 Å². The van der Waals surface area contributed by atoms with Crippen LogP contribution in [-0.4, -0.2) is 63.5 Å². The summed E-state index contributed by atoms with van der Waals surface area (Å²) in [6.45, 7) is 6.44. The Morgan fingerprint density at radius 3 is 2.54 bits per heavy atom. The minimum absolute atomic E-state index is 0. The molecule has 6 nitrogen and oxygen atoms in total. The summed E-state index contributed by atoms with van der Waals surface area (Å²) < 4.78 is 23.3. The van der Waals surface area contributed by atoms with Gasteiger partial charge in [-0.15, -0.1) is 24.0 Å². The van der Waals surface area contributed by atoms with E-state index in [0.717, 1.165) is 32.0 Å². The van der Waals surface area contributed by atoms with Gasteiger partial charge in [-0.05, 0) is 50.8 Å². The van der Waals surface area contributed by atoms with Crippen LogP contribution in [0.3, 0.4) is 0 Å². The first-order valence-corrected chi connectivity index (χ1v) is 11.9. The average Bonchev–Trinajstić information content (AvgIpc) is 3.30. The monoisotopic (exact) mass is 520 g/mol. The first-order valence-electron chi connectivity index (χ1n) is 10.1. The van der Waals surface area contributed by atoms with Gasteiger partial charge in [-0.25, -0.2) is 8.42 Å². The van der Waals surface area contributed by atoms with E-state index in [2.05, 4.69) is 45.9 Å². The number of nitrogens with one attached hydrogen (secondary N) is 2. The van der Waals surface area contributed by atoms with Crippen LogP contribution in [0.25, 0.3) is 0 Å². The van der Waals surface area contributed by atoms with E-state index >= 15 is 0 Å². The van der Waals surface area contributed by atoms with E-state index in [0.29, 0.717) is 24.6 Å². The minimum Gasteiger partial charge on any atom is -0.357 e. The molecule has 0 aliphatic carbocycles. The Kier molecular flexibility index (Phi) is 9.49. The Bertz CT molecular complexity index is 721. The zero-order valence-corrected chi connectivity index (χ0v) is 19.8. The molecule has 0 amide bonds. The van der Waals surface area contributed by atoms with Gasteiger partial charge in [-0.1, -0.05) is 30.3 Å². The van der Waals surface area contributed by atoms with Gasteiger partial charge in [0.15, 0.2) is 15.8 Å². The molecule has 0 bridgehead atoms. The predicted octanol–water partition coefficient (Wildman–Crippen LogP) is 2.43. The van der Waals surface area contributed by atoms with Crippen molar-refractivity contribution in [1.29, 1.82) is 0 Å². The molecule has 0 radical (unpaired) electrons. The average molecular weight is 520 g/mol. The Hall–Kier alpha value is -0.870. The van der Waals surface area contributed by atoms with Gasteiger partial charge in [0.05, 0.1) is 24.1 Å². The van der Waals surface area contributed by atoms with Crippen molar-refractivity contribution in [3.63, 3.8) is 0 Å². The normalized spacial score (nSPS) is 23.2. The molecule has 2 N–H and O–H groups in total. The summed E-state index contributed by atoms with van der Waals surface area (Å²) in [6, 6.07) is 10.9. The molecule has 2 unspecified atom stereocenters. The van der Waals surface area contributed by atoms with Crippen molar-refractivity contribution >= 4 is 39.8 Å². The summed E-state index contributed by atoms with van der Waals surface area (Å²) in [5.41, 5.74) is 1.31. The highest BCUT2D eigenvalue weighted by Crippen LogP contribution is 2.25. The van der Waals surface area contributed by atoms with Crippen LogP contribution < -0.4 is 10.6 Å². The summed E-state index contributed by atoms with van der Waals surface area (Å²) in [7, 11) is -2.84. The van der Waals surface area contributed by atoms with Crippen LogP contribution in [0.2, 0.25) is 0 Å². The van der Waals surface area contributed by atoms with Crippen molar-refractivity contribution in [2.45, 2.75) is 32.2 Å². The maximum atomic E-state index is 11.7. The molecule has 3 rings (SSSR count). The first-order chi connectivity index (χ1) is 13.1. The number of benzene rings is 1. The van der Waals surface area contributed by atoms with Gasteiger partial charge in [0.1, 0.15) is 0 Å². The lowest BCUT2D eigenvalue weighted by molar-refractivity contribution is 0.251. The molecule has 0 spiro atoms. The number of nitrogens with zero attached hydrogens (tertiary/aromatic N) is 2. The Morgan fingerprint density at radius 1 is 1.21 bits per heavy atom. The Morgan fingerprint density at radius 2 is 1.93 bits per heavy atom. The van der Waals surface area contributed by atoms with E-state index in [9.17, 15) is 8.42 Å². The summed E-state index contributed by atoms with van der Waals surface area (Å²) in [5, 5.41) is 6.65. The van der Waals surface area contributed by atoms with E-state index in [4.69, 9.17) is 4.99 Å². The van der Waals surface area contributed by atoms with Crippen LogP contribution in [0.5, 0.6) is 0 Å². The third-order valence-electron chi connectivity index (χ3n) is 5.42. The molecular formula is C20H33IN4O2S. The fourth-order valence-electron chi connectivity index (χ4n) is 3.95. The van der Waals surface area contributed by atoms with Crippen LogP contribution in [-0.2, 0) is 9.84 Å². The fourth-order valence-corrected chi connectivity index (χ4v) is 5.82. The van der Waals surface area contributed by atoms with Crippen molar-refractivity contribution in [2.24, 2.45) is 10.9 Å². The number of hydrogen-bond acceptors (Lipinski definition) is 4. The van der Waals surface area contributed by atoms with Crippen LogP contribution >= 0.6 is 24.0 Å². The Labute approximate surface area is 186 Å². The molecule has 0 saturated carbocycles. The highest BCUT2D eigenvalue weighted by Gasteiger charge is 2.28. The smallest absolute Gasteiger partial charge is 0.191 e. The Balaban J connectivity index is 0.00000280. The molecule has 0 aromatic heterocycles. The molecule has 2 aliphatic rings. The van der Waals surface area contributed by atoms with E-state index < -0.39 is 9.84 Å². The van der Waals surface area contributed by atoms with E-state index in [1.807, 2.05) is 6.92 Å². The number of rotatable bonds is 7. The number of likely N-dealkylation sites (tertiary alicyclic amines) is 1. The third-order valence-corrected chi connectivity index (χ3v) is 7.25. The van der Waals surface area contributed by atoms with Gasteiger partial charge >= 0.3 is 0 Å². The highest BCUT2D eigenvalue weighted by molar-refractivity contribution is 14.0. The van der Waals surface area contributed by atoms with Crippen LogP contribution in [0.4, 0.5) is 0 Å². The molecule has 2 fully saturated rings. The molecule has 2 atom stereocenters. The van der Waals surface area contributed by atoms with Crippen LogP contribution in [0.15, 0.2) is 35.3 Å². The molecule has 1 aromatic carbocycles. The summed E-state index contributed by atoms with van der Waals surface area (Å²) in [6.07, 6.45) is 3.25. The maximum Gasteiger partial charge on any atom is 0.191 e. The first kappa shape index (κ1) is 23.4.